The van der Waals surface area contributed by atoms with E-state index in [1.54, 1.807) is 12.1 Å². The quantitative estimate of drug-likeness (QED) is 0.542. The maximum atomic E-state index is 10.7. The number of unbranched alkanes of at least 4 members (excludes halogenated alkanes) is 1. The van der Waals surface area contributed by atoms with Gasteiger partial charge < -0.3 is 4.74 Å². The van der Waals surface area contributed by atoms with Crippen LogP contribution in [0.5, 0.6) is 5.75 Å². The summed E-state index contributed by atoms with van der Waals surface area (Å²) in [7, 11) is 0. The summed E-state index contributed by atoms with van der Waals surface area (Å²) >= 11 is 0. The first-order valence-corrected chi connectivity index (χ1v) is 4.70. The molecule has 0 aliphatic carbocycles. The number of hydrogen-bond donors (Lipinski definition) is 0. The van der Waals surface area contributed by atoms with E-state index in [1.165, 1.54) is 0 Å². The average Bonchev–Trinajstić information content (AvgIpc) is 2.26. The van der Waals surface area contributed by atoms with E-state index in [-0.39, 0.29) is 0 Å². The average molecular weight is 204 g/mol. The Morgan fingerprint density at radius 2 is 2.40 bits per heavy atom. The van der Waals surface area contributed by atoms with Crippen molar-refractivity contribution in [1.29, 1.82) is 5.26 Å². The minimum Gasteiger partial charge on any atom is -0.491 e. The van der Waals surface area contributed by atoms with Crippen molar-refractivity contribution in [2.75, 3.05) is 6.61 Å². The molecule has 0 spiro atoms. The summed E-state index contributed by atoms with van der Waals surface area (Å²) in [6, 6.07) is 5.53. The van der Waals surface area contributed by atoms with Crippen LogP contribution in [-0.4, -0.2) is 17.9 Å². The van der Waals surface area contributed by atoms with E-state index >= 15 is 0 Å². The lowest BCUT2D eigenvalue weighted by Gasteiger charge is -2.06. The highest BCUT2D eigenvalue weighted by Crippen LogP contribution is 2.15. The van der Waals surface area contributed by atoms with Gasteiger partial charge in [-0.25, -0.2) is 4.98 Å². The molecular weight excluding hydrogens is 192 g/mol. The number of aromatic nitrogens is 1. The Hall–Kier alpha value is -1.89. The fourth-order valence-electron chi connectivity index (χ4n) is 1.10. The molecule has 0 aromatic carbocycles. The van der Waals surface area contributed by atoms with Gasteiger partial charge >= 0.3 is 0 Å². The molecule has 1 aromatic rings. The number of aryl methyl sites for hydroxylation is 1. The topological polar surface area (TPSA) is 63.0 Å². The largest absolute Gasteiger partial charge is 0.491 e. The Labute approximate surface area is 88.5 Å². The predicted molar refractivity (Wildman–Crippen MR) is 54.7 cm³/mol. The van der Waals surface area contributed by atoms with Crippen molar-refractivity contribution in [1.82, 2.24) is 4.98 Å². The van der Waals surface area contributed by atoms with Crippen molar-refractivity contribution in [3.05, 3.63) is 23.5 Å². The molecule has 1 aromatic heterocycles. The Morgan fingerprint density at radius 3 is 3.07 bits per heavy atom. The zero-order chi connectivity index (χ0) is 11.1. The Balaban J connectivity index is 2.60. The van der Waals surface area contributed by atoms with Crippen LogP contribution in [0.25, 0.3) is 0 Å². The smallest absolute Gasteiger partial charge is 0.172 e. The van der Waals surface area contributed by atoms with Gasteiger partial charge in [0.05, 0.1) is 12.7 Å². The van der Waals surface area contributed by atoms with Gasteiger partial charge in [-0.15, -0.1) is 0 Å². The summed E-state index contributed by atoms with van der Waals surface area (Å²) in [5, 5.41) is 8.33. The van der Waals surface area contributed by atoms with Gasteiger partial charge in [-0.1, -0.05) is 0 Å². The zero-order valence-electron chi connectivity index (χ0n) is 8.56. The van der Waals surface area contributed by atoms with Gasteiger partial charge in [-0.05, 0) is 25.5 Å². The monoisotopic (exact) mass is 204 g/mol. The summed E-state index contributed by atoms with van der Waals surface area (Å²) in [4.78, 5) is 14.7. The molecule has 0 aliphatic rings. The lowest BCUT2D eigenvalue weighted by molar-refractivity contribution is 0.111. The highest BCUT2D eigenvalue weighted by atomic mass is 16.5. The second-order valence-corrected chi connectivity index (χ2v) is 3.06. The molecule has 78 valence electrons. The molecule has 4 nitrogen and oxygen atoms in total. The van der Waals surface area contributed by atoms with Crippen LogP contribution in [-0.2, 0) is 0 Å². The van der Waals surface area contributed by atoms with Gasteiger partial charge in [0, 0.05) is 12.1 Å². The number of nitrogens with zero attached hydrogens (tertiary/aromatic N) is 2. The van der Waals surface area contributed by atoms with Crippen LogP contribution in [0.3, 0.4) is 0 Å². The zero-order valence-corrected chi connectivity index (χ0v) is 8.56. The standard InChI is InChI=1S/C11H12N2O2/c1-9-4-5-11(10(8-14)13-9)15-7-3-2-6-12/h4-5,8H,2-3,7H2,1H3. The maximum Gasteiger partial charge on any atom is 0.172 e. The highest BCUT2D eigenvalue weighted by molar-refractivity contribution is 5.76. The molecule has 1 rings (SSSR count). The number of carbonyl (C=O) groups is 1. The normalized spacial score (nSPS) is 9.33. The van der Waals surface area contributed by atoms with Crippen LogP contribution in [0.1, 0.15) is 29.0 Å². The van der Waals surface area contributed by atoms with Crippen molar-refractivity contribution in [3.63, 3.8) is 0 Å². The second kappa shape index (κ2) is 5.76. The summed E-state index contributed by atoms with van der Waals surface area (Å²) in [5.41, 5.74) is 1.09. The minimum atomic E-state index is 0.312. The lowest BCUT2D eigenvalue weighted by atomic mass is 10.3. The molecule has 0 amide bonds. The SMILES string of the molecule is Cc1ccc(OCCCC#N)c(C=O)n1. The molecule has 0 N–H and O–H groups in total. The Kier molecular flexibility index (Phi) is 4.30. The number of rotatable bonds is 5. The van der Waals surface area contributed by atoms with Crippen LogP contribution in [0.2, 0.25) is 0 Å². The van der Waals surface area contributed by atoms with Crippen LogP contribution in [0.15, 0.2) is 12.1 Å². The summed E-state index contributed by atoms with van der Waals surface area (Å²) in [5.74, 6) is 0.480. The molecule has 4 heteroatoms. The van der Waals surface area contributed by atoms with E-state index in [0.717, 1.165) is 5.69 Å². The third kappa shape index (κ3) is 3.39. The lowest BCUT2D eigenvalue weighted by Crippen LogP contribution is -2.01. The van der Waals surface area contributed by atoms with Crippen molar-refractivity contribution < 1.29 is 9.53 Å². The third-order valence-corrected chi connectivity index (χ3v) is 1.83. The molecule has 0 bridgehead atoms. The van der Waals surface area contributed by atoms with Crippen molar-refractivity contribution in [2.45, 2.75) is 19.8 Å². The molecule has 0 unspecified atom stereocenters. The molecule has 0 saturated carbocycles. The molecule has 0 radical (unpaired) electrons. The summed E-state index contributed by atoms with van der Waals surface area (Å²) in [6.07, 6.45) is 1.78. The first-order chi connectivity index (χ1) is 7.27. The first-order valence-electron chi connectivity index (χ1n) is 4.70. The number of pyridine rings is 1. The molecule has 0 saturated heterocycles. The van der Waals surface area contributed by atoms with E-state index in [4.69, 9.17) is 10.00 Å². The van der Waals surface area contributed by atoms with Crippen molar-refractivity contribution >= 4 is 6.29 Å². The molecule has 15 heavy (non-hydrogen) atoms. The Bertz CT molecular complexity index is 383. The molecule has 1 heterocycles. The van der Waals surface area contributed by atoms with E-state index < -0.39 is 0 Å². The van der Waals surface area contributed by atoms with Gasteiger partial charge in [0.2, 0.25) is 0 Å². The Morgan fingerprint density at radius 1 is 1.60 bits per heavy atom. The summed E-state index contributed by atoms with van der Waals surface area (Å²) < 4.78 is 5.34. The van der Waals surface area contributed by atoms with Crippen LogP contribution in [0, 0.1) is 18.3 Å². The van der Waals surface area contributed by atoms with Gasteiger partial charge in [-0.2, -0.15) is 5.26 Å². The van der Waals surface area contributed by atoms with Gasteiger partial charge in [0.15, 0.2) is 6.29 Å². The number of nitriles is 1. The number of ether oxygens (including phenoxy) is 1. The van der Waals surface area contributed by atoms with Crippen LogP contribution >= 0.6 is 0 Å². The van der Waals surface area contributed by atoms with Crippen LogP contribution in [0.4, 0.5) is 0 Å². The van der Waals surface area contributed by atoms with Gasteiger partial charge in [0.1, 0.15) is 11.4 Å². The number of carbonyl (C=O) groups excluding carboxylic acids is 1. The molecule has 0 aliphatic heterocycles. The maximum absolute atomic E-state index is 10.7. The molecule has 0 atom stereocenters. The van der Waals surface area contributed by atoms with Crippen molar-refractivity contribution in [2.24, 2.45) is 0 Å². The van der Waals surface area contributed by atoms with Crippen LogP contribution < -0.4 is 4.74 Å². The van der Waals surface area contributed by atoms with E-state index in [1.807, 2.05) is 13.0 Å². The van der Waals surface area contributed by atoms with Gasteiger partial charge in [-0.3, -0.25) is 4.79 Å². The second-order valence-electron chi connectivity index (χ2n) is 3.06. The first kappa shape index (κ1) is 11.2. The summed E-state index contributed by atoms with van der Waals surface area (Å²) in [6.45, 7) is 2.24. The molecule has 0 fully saturated rings. The predicted octanol–water partition coefficient (Wildman–Crippen LogP) is 1.89. The number of aldehydes is 1. The van der Waals surface area contributed by atoms with E-state index in [9.17, 15) is 4.79 Å². The van der Waals surface area contributed by atoms with E-state index in [2.05, 4.69) is 4.98 Å². The fourth-order valence-corrected chi connectivity index (χ4v) is 1.10. The molecular formula is C11H12N2O2. The van der Waals surface area contributed by atoms with Gasteiger partial charge in [0.25, 0.3) is 0 Å². The fraction of sp³-hybridized carbons (Fsp3) is 0.364. The van der Waals surface area contributed by atoms with Crippen molar-refractivity contribution in [3.8, 4) is 11.8 Å². The highest BCUT2D eigenvalue weighted by Gasteiger charge is 2.04. The third-order valence-electron chi connectivity index (χ3n) is 1.83. The minimum absolute atomic E-state index is 0.312. The van der Waals surface area contributed by atoms with E-state index in [0.29, 0.717) is 37.2 Å². The number of hydrogen-bond acceptors (Lipinski definition) is 4.